The van der Waals surface area contributed by atoms with E-state index in [1.165, 1.54) is 2.78 Å². The standard InChI is InChI=1S/C9H13IN2O4/c1-6-4-12(9(15)11-8(6)14)10-3-2-7(5-13)16-10/h4,7,13H,2-3,5H2,1H3,(H,11,14,15)/t7-/m0/s1. The maximum absolute atomic E-state index is 11.6. The molecule has 0 saturated carbocycles. The Bertz CT molecular complexity index is 495. The van der Waals surface area contributed by atoms with E-state index >= 15 is 0 Å². The van der Waals surface area contributed by atoms with Crippen molar-refractivity contribution in [2.45, 2.75) is 19.4 Å². The van der Waals surface area contributed by atoms with Gasteiger partial charge in [0.05, 0.1) is 0 Å². The van der Waals surface area contributed by atoms with Gasteiger partial charge >= 0.3 is 99.5 Å². The van der Waals surface area contributed by atoms with Crippen molar-refractivity contribution in [2.75, 3.05) is 11.0 Å². The van der Waals surface area contributed by atoms with Crippen LogP contribution in [0.15, 0.2) is 15.8 Å². The van der Waals surface area contributed by atoms with Crippen LogP contribution >= 0.6 is 20.5 Å². The summed E-state index contributed by atoms with van der Waals surface area (Å²) in [6.45, 7) is 1.65. The molecule has 2 N–H and O–H groups in total. The van der Waals surface area contributed by atoms with Gasteiger partial charge in [-0.3, -0.25) is 0 Å². The number of rotatable bonds is 2. The topological polar surface area (TPSA) is 84.3 Å². The van der Waals surface area contributed by atoms with Gasteiger partial charge in [-0.05, 0) is 0 Å². The van der Waals surface area contributed by atoms with Gasteiger partial charge in [0.2, 0.25) is 0 Å². The van der Waals surface area contributed by atoms with E-state index in [4.69, 9.17) is 8.17 Å². The molecule has 1 fully saturated rings. The summed E-state index contributed by atoms with van der Waals surface area (Å²) < 4.78 is 7.96. The zero-order valence-electron chi connectivity index (χ0n) is 8.77. The summed E-state index contributed by atoms with van der Waals surface area (Å²) in [5.41, 5.74) is -0.248. The van der Waals surface area contributed by atoms with Gasteiger partial charge in [0, 0.05) is 0 Å². The number of aliphatic hydroxyl groups is 1. The molecule has 0 bridgehead atoms. The number of aliphatic hydroxyl groups excluding tert-OH is 1. The number of aromatic nitrogens is 2. The molecule has 0 amide bonds. The first-order chi connectivity index (χ1) is 7.61. The number of halogens is 1. The first kappa shape index (κ1) is 11.8. The third-order valence-corrected chi connectivity index (χ3v) is 7.04. The Morgan fingerprint density at radius 3 is 3.06 bits per heavy atom. The molecule has 0 radical (unpaired) electrons. The summed E-state index contributed by atoms with van der Waals surface area (Å²) in [6, 6.07) is 0. The van der Waals surface area contributed by atoms with Crippen molar-refractivity contribution < 1.29 is 8.17 Å². The molecule has 6 nitrogen and oxygen atoms in total. The predicted octanol–water partition coefficient (Wildman–Crippen LogP) is -0.189. The number of hydrogen-bond acceptors (Lipinski definition) is 4. The van der Waals surface area contributed by atoms with Gasteiger partial charge in [0.15, 0.2) is 0 Å². The Labute approximate surface area is 99.5 Å². The fourth-order valence-corrected chi connectivity index (χ4v) is 6.21. The Morgan fingerprint density at radius 2 is 2.44 bits per heavy atom. The van der Waals surface area contributed by atoms with Crippen LogP contribution in [0.5, 0.6) is 0 Å². The van der Waals surface area contributed by atoms with Crippen LogP contribution in [0, 0.1) is 6.92 Å². The number of alkyl halides is 1. The van der Waals surface area contributed by atoms with Crippen LogP contribution in [0.1, 0.15) is 12.0 Å². The molecule has 2 heterocycles. The Balaban J connectivity index is 2.32. The quantitative estimate of drug-likeness (QED) is 0.578. The number of nitrogens with one attached hydrogen (secondary N) is 1. The monoisotopic (exact) mass is 340 g/mol. The molecular weight excluding hydrogens is 327 g/mol. The van der Waals surface area contributed by atoms with Crippen LogP contribution in [-0.2, 0) is 3.07 Å². The second-order valence-electron chi connectivity index (χ2n) is 3.55. The third kappa shape index (κ3) is 2.20. The van der Waals surface area contributed by atoms with Crippen molar-refractivity contribution in [1.82, 2.24) is 7.76 Å². The Hall–Kier alpha value is -0.670. The molecule has 1 aliphatic heterocycles. The molecule has 0 aliphatic carbocycles. The van der Waals surface area contributed by atoms with Crippen LogP contribution in [0.4, 0.5) is 0 Å². The first-order valence-corrected chi connectivity index (χ1v) is 8.26. The number of H-pyrrole nitrogens is 1. The summed E-state index contributed by atoms with van der Waals surface area (Å²) in [7, 11) is 0. The predicted molar refractivity (Wildman–Crippen MR) is 66.9 cm³/mol. The second-order valence-corrected chi connectivity index (χ2v) is 7.88. The van der Waals surface area contributed by atoms with Crippen molar-refractivity contribution in [3.05, 3.63) is 32.6 Å². The molecule has 1 aliphatic rings. The fraction of sp³-hybridized carbons (Fsp3) is 0.556. The van der Waals surface area contributed by atoms with Gasteiger partial charge in [-0.25, -0.2) is 0 Å². The maximum atomic E-state index is 11.6. The molecule has 2 rings (SSSR count). The molecule has 1 aromatic rings. The molecule has 1 atom stereocenters. The number of hydrogen-bond donors (Lipinski definition) is 2. The molecular formula is C9H13IN2O4. The first-order valence-electron chi connectivity index (χ1n) is 4.89. The van der Waals surface area contributed by atoms with Crippen LogP contribution < -0.4 is 11.2 Å². The van der Waals surface area contributed by atoms with Crippen molar-refractivity contribution >= 4 is 20.5 Å². The van der Waals surface area contributed by atoms with Gasteiger partial charge in [-0.2, -0.15) is 0 Å². The fourth-order valence-electron chi connectivity index (χ4n) is 1.38. The van der Waals surface area contributed by atoms with Crippen LogP contribution in [0.2, 0.25) is 0 Å². The SMILES string of the molecule is Cc1cn(I2CC[C@@H](CO)O2)c(=O)[nH]c1=O. The number of aromatic amines is 1. The molecule has 1 saturated heterocycles. The molecule has 0 aromatic carbocycles. The van der Waals surface area contributed by atoms with E-state index in [1.807, 2.05) is 0 Å². The van der Waals surface area contributed by atoms with Gasteiger partial charge in [-0.15, -0.1) is 0 Å². The van der Waals surface area contributed by atoms with E-state index in [2.05, 4.69) is 4.98 Å². The number of aryl methyl sites for hydroxylation is 1. The molecule has 16 heavy (non-hydrogen) atoms. The van der Waals surface area contributed by atoms with Gasteiger partial charge in [0.1, 0.15) is 0 Å². The zero-order chi connectivity index (χ0) is 11.7. The van der Waals surface area contributed by atoms with E-state index in [0.29, 0.717) is 5.56 Å². The molecule has 1 aromatic heterocycles. The van der Waals surface area contributed by atoms with E-state index in [-0.39, 0.29) is 18.3 Å². The minimum atomic E-state index is -2.01. The minimum absolute atomic E-state index is 0.00886. The van der Waals surface area contributed by atoms with Crippen LogP contribution in [0.25, 0.3) is 0 Å². The molecule has 0 unspecified atom stereocenters. The summed E-state index contributed by atoms with van der Waals surface area (Å²) in [5.74, 6) is 0. The van der Waals surface area contributed by atoms with Crippen LogP contribution in [-0.4, -0.2) is 30.0 Å². The normalized spacial score (nSPS) is 22.6. The van der Waals surface area contributed by atoms with Crippen molar-refractivity contribution in [3.8, 4) is 0 Å². The average Bonchev–Trinajstić information content (AvgIpc) is 2.71. The van der Waals surface area contributed by atoms with Crippen molar-refractivity contribution in [2.24, 2.45) is 0 Å². The Morgan fingerprint density at radius 1 is 1.69 bits per heavy atom. The van der Waals surface area contributed by atoms with E-state index in [9.17, 15) is 9.59 Å². The Kier molecular flexibility index (Phi) is 3.45. The summed E-state index contributed by atoms with van der Waals surface area (Å²) in [5, 5.41) is 8.95. The second kappa shape index (κ2) is 4.68. The molecule has 7 heteroatoms. The van der Waals surface area contributed by atoms with Crippen molar-refractivity contribution in [1.29, 1.82) is 0 Å². The van der Waals surface area contributed by atoms with E-state index < -0.39 is 26.2 Å². The molecule has 0 spiro atoms. The van der Waals surface area contributed by atoms with E-state index in [0.717, 1.165) is 10.8 Å². The average molecular weight is 340 g/mol. The van der Waals surface area contributed by atoms with Crippen molar-refractivity contribution in [3.63, 3.8) is 0 Å². The molecule has 90 valence electrons. The zero-order valence-corrected chi connectivity index (χ0v) is 10.9. The number of nitrogens with zero attached hydrogens (tertiary/aromatic N) is 1. The summed E-state index contributed by atoms with van der Waals surface area (Å²) in [6.07, 6.45) is 2.20. The van der Waals surface area contributed by atoms with Gasteiger partial charge < -0.3 is 0 Å². The third-order valence-electron chi connectivity index (χ3n) is 2.31. The summed E-state index contributed by atoms with van der Waals surface area (Å²) >= 11 is -2.01. The van der Waals surface area contributed by atoms with Gasteiger partial charge in [-0.1, -0.05) is 0 Å². The van der Waals surface area contributed by atoms with Gasteiger partial charge in [0.25, 0.3) is 0 Å². The summed E-state index contributed by atoms with van der Waals surface area (Å²) in [4.78, 5) is 25.0. The van der Waals surface area contributed by atoms with Crippen LogP contribution in [0.3, 0.4) is 0 Å². The van der Waals surface area contributed by atoms with E-state index in [1.54, 1.807) is 13.1 Å².